The van der Waals surface area contributed by atoms with Gasteiger partial charge in [0.1, 0.15) is 6.10 Å². The van der Waals surface area contributed by atoms with Crippen molar-refractivity contribution in [3.63, 3.8) is 0 Å². The van der Waals surface area contributed by atoms with Gasteiger partial charge in [-0.1, -0.05) is 0 Å². The van der Waals surface area contributed by atoms with Gasteiger partial charge in [0.2, 0.25) is 0 Å². The summed E-state index contributed by atoms with van der Waals surface area (Å²) in [5.41, 5.74) is 0. The lowest BCUT2D eigenvalue weighted by Crippen LogP contribution is -2.38. The Labute approximate surface area is 105 Å². The molecule has 1 aliphatic heterocycles. The first kappa shape index (κ1) is 15.7. The third-order valence-electron chi connectivity index (χ3n) is 2.66. The Kier molecular flexibility index (Phi) is 7.60. The molecule has 5 nitrogen and oxygen atoms in total. The first-order chi connectivity index (χ1) is 8.59. The zero-order valence-corrected chi connectivity index (χ0v) is 10.2. The lowest BCUT2D eigenvalue weighted by Gasteiger charge is -2.16. The van der Waals surface area contributed by atoms with Crippen LogP contribution in [-0.4, -0.2) is 67.9 Å². The molecule has 3 unspecified atom stereocenters. The number of aliphatic hydroxyl groups excluding tert-OH is 2. The fraction of sp³-hybridized carbons (Fsp3) is 1.00. The third kappa shape index (κ3) is 6.55. The van der Waals surface area contributed by atoms with Crippen LogP contribution in [0.5, 0.6) is 0 Å². The van der Waals surface area contributed by atoms with Gasteiger partial charge in [-0.2, -0.15) is 0 Å². The summed E-state index contributed by atoms with van der Waals surface area (Å²) in [4.78, 5) is 0. The van der Waals surface area contributed by atoms with Crippen LogP contribution in [-0.2, 0) is 9.47 Å². The van der Waals surface area contributed by atoms with Gasteiger partial charge in [0, 0.05) is 19.7 Å². The van der Waals surface area contributed by atoms with Crippen molar-refractivity contribution in [2.75, 3.05) is 32.9 Å². The summed E-state index contributed by atoms with van der Waals surface area (Å²) in [5, 5.41) is 20.8. The van der Waals surface area contributed by atoms with Gasteiger partial charge in [-0.05, 0) is 12.8 Å². The molecule has 0 radical (unpaired) electrons. The van der Waals surface area contributed by atoms with Crippen molar-refractivity contribution in [1.82, 2.24) is 5.32 Å². The summed E-state index contributed by atoms with van der Waals surface area (Å²) in [6, 6.07) is 0. The van der Waals surface area contributed by atoms with E-state index in [1.165, 1.54) is 0 Å². The zero-order valence-electron chi connectivity index (χ0n) is 10.2. The van der Waals surface area contributed by atoms with Crippen molar-refractivity contribution in [3.8, 4) is 0 Å². The standard InChI is InChI=1S/C11H21F2NO4/c12-11(13)10(16)5-14-4-8(15)6-17-7-9-2-1-3-18-9/h8-11,14-16H,1-7H2. The minimum Gasteiger partial charge on any atom is -0.389 e. The summed E-state index contributed by atoms with van der Waals surface area (Å²) in [6.45, 7) is 1.17. The van der Waals surface area contributed by atoms with Crippen molar-refractivity contribution >= 4 is 0 Å². The van der Waals surface area contributed by atoms with E-state index in [4.69, 9.17) is 14.6 Å². The topological polar surface area (TPSA) is 71.0 Å². The van der Waals surface area contributed by atoms with Crippen molar-refractivity contribution in [2.45, 2.75) is 37.6 Å². The van der Waals surface area contributed by atoms with E-state index in [0.717, 1.165) is 19.4 Å². The molecule has 0 aromatic carbocycles. The summed E-state index contributed by atoms with van der Waals surface area (Å²) in [6.07, 6.45) is -3.16. The van der Waals surface area contributed by atoms with Crippen LogP contribution in [0.25, 0.3) is 0 Å². The maximum Gasteiger partial charge on any atom is 0.265 e. The Morgan fingerprint density at radius 3 is 2.72 bits per heavy atom. The average molecular weight is 269 g/mol. The first-order valence-electron chi connectivity index (χ1n) is 6.14. The predicted octanol–water partition coefficient (Wildman–Crippen LogP) is -0.241. The summed E-state index contributed by atoms with van der Waals surface area (Å²) < 4.78 is 34.5. The maximum atomic E-state index is 11.9. The molecule has 0 bridgehead atoms. The average Bonchev–Trinajstić information content (AvgIpc) is 2.81. The van der Waals surface area contributed by atoms with Gasteiger partial charge in [0.15, 0.2) is 0 Å². The van der Waals surface area contributed by atoms with E-state index in [1.54, 1.807) is 0 Å². The van der Waals surface area contributed by atoms with E-state index in [1.807, 2.05) is 0 Å². The molecule has 3 atom stereocenters. The van der Waals surface area contributed by atoms with Crippen molar-refractivity contribution in [1.29, 1.82) is 0 Å². The van der Waals surface area contributed by atoms with E-state index in [-0.39, 0.29) is 25.8 Å². The molecule has 1 aliphatic rings. The van der Waals surface area contributed by atoms with Crippen LogP contribution in [0.4, 0.5) is 8.78 Å². The molecule has 1 fully saturated rings. The van der Waals surface area contributed by atoms with Gasteiger partial charge in [-0.25, -0.2) is 8.78 Å². The Morgan fingerprint density at radius 1 is 1.33 bits per heavy atom. The molecule has 1 saturated heterocycles. The minimum absolute atomic E-state index is 0.103. The molecule has 0 aromatic rings. The Balaban J connectivity index is 1.94. The van der Waals surface area contributed by atoms with Crippen LogP contribution in [0, 0.1) is 0 Å². The number of hydrogen-bond donors (Lipinski definition) is 3. The van der Waals surface area contributed by atoms with E-state index >= 15 is 0 Å². The fourth-order valence-corrected chi connectivity index (χ4v) is 1.66. The third-order valence-corrected chi connectivity index (χ3v) is 2.66. The van der Waals surface area contributed by atoms with E-state index < -0.39 is 18.6 Å². The zero-order chi connectivity index (χ0) is 13.4. The second kappa shape index (κ2) is 8.71. The monoisotopic (exact) mass is 269 g/mol. The maximum absolute atomic E-state index is 11.9. The minimum atomic E-state index is -2.77. The lowest BCUT2D eigenvalue weighted by molar-refractivity contribution is -0.0215. The number of halogens is 2. The first-order valence-corrected chi connectivity index (χ1v) is 6.14. The molecule has 0 spiro atoms. The van der Waals surface area contributed by atoms with Gasteiger partial charge in [-0.15, -0.1) is 0 Å². The molecule has 1 rings (SSSR count). The molecule has 0 aromatic heterocycles. The normalized spacial score (nSPS) is 23.5. The number of ether oxygens (including phenoxy) is 2. The highest BCUT2D eigenvalue weighted by Crippen LogP contribution is 2.11. The Hall–Kier alpha value is -0.340. The van der Waals surface area contributed by atoms with E-state index in [0.29, 0.717) is 6.61 Å². The van der Waals surface area contributed by atoms with Crippen molar-refractivity contribution in [3.05, 3.63) is 0 Å². The summed E-state index contributed by atoms with van der Waals surface area (Å²) >= 11 is 0. The summed E-state index contributed by atoms with van der Waals surface area (Å²) in [5.74, 6) is 0. The smallest absolute Gasteiger partial charge is 0.265 e. The molecule has 108 valence electrons. The van der Waals surface area contributed by atoms with Gasteiger partial charge in [0.25, 0.3) is 6.43 Å². The highest BCUT2D eigenvalue weighted by molar-refractivity contribution is 4.66. The number of aliphatic hydroxyl groups is 2. The van der Waals surface area contributed by atoms with E-state index in [2.05, 4.69) is 5.32 Å². The second-order valence-electron chi connectivity index (χ2n) is 4.39. The van der Waals surface area contributed by atoms with Crippen LogP contribution in [0.15, 0.2) is 0 Å². The molecule has 18 heavy (non-hydrogen) atoms. The van der Waals surface area contributed by atoms with Crippen LogP contribution < -0.4 is 5.32 Å². The highest BCUT2D eigenvalue weighted by atomic mass is 19.3. The molecule has 7 heteroatoms. The number of nitrogens with one attached hydrogen (secondary N) is 1. The molecule has 0 amide bonds. The SMILES string of the molecule is OC(CNCC(O)C(F)F)COCC1CCCO1. The molecule has 0 saturated carbocycles. The number of rotatable bonds is 9. The van der Waals surface area contributed by atoms with Crippen LogP contribution >= 0.6 is 0 Å². The quantitative estimate of drug-likeness (QED) is 0.539. The fourth-order valence-electron chi connectivity index (χ4n) is 1.66. The largest absolute Gasteiger partial charge is 0.389 e. The van der Waals surface area contributed by atoms with Gasteiger partial charge in [0.05, 0.1) is 25.4 Å². The highest BCUT2D eigenvalue weighted by Gasteiger charge is 2.18. The van der Waals surface area contributed by atoms with Crippen molar-refractivity contribution < 1.29 is 28.5 Å². The molecule has 3 N–H and O–H groups in total. The van der Waals surface area contributed by atoms with Gasteiger partial charge in [-0.3, -0.25) is 0 Å². The Morgan fingerprint density at radius 2 is 2.11 bits per heavy atom. The number of alkyl halides is 2. The molecular weight excluding hydrogens is 248 g/mol. The molecule has 0 aliphatic carbocycles. The summed E-state index contributed by atoms with van der Waals surface area (Å²) in [7, 11) is 0. The molecular formula is C11H21F2NO4. The van der Waals surface area contributed by atoms with Crippen LogP contribution in [0.2, 0.25) is 0 Å². The van der Waals surface area contributed by atoms with Crippen molar-refractivity contribution in [2.24, 2.45) is 0 Å². The van der Waals surface area contributed by atoms with Gasteiger partial charge < -0.3 is 25.0 Å². The number of hydrogen-bond acceptors (Lipinski definition) is 5. The van der Waals surface area contributed by atoms with Crippen LogP contribution in [0.1, 0.15) is 12.8 Å². The Bertz CT molecular complexity index is 207. The molecule has 1 heterocycles. The predicted molar refractivity (Wildman–Crippen MR) is 60.7 cm³/mol. The second-order valence-corrected chi connectivity index (χ2v) is 4.39. The van der Waals surface area contributed by atoms with Gasteiger partial charge >= 0.3 is 0 Å². The van der Waals surface area contributed by atoms with Crippen LogP contribution in [0.3, 0.4) is 0 Å². The van der Waals surface area contributed by atoms with E-state index in [9.17, 15) is 13.9 Å². The lowest BCUT2D eigenvalue weighted by atomic mass is 10.2.